The minimum atomic E-state index is 0.116. The van der Waals surface area contributed by atoms with Crippen LogP contribution in [0.3, 0.4) is 0 Å². The van der Waals surface area contributed by atoms with Crippen LogP contribution in [0.25, 0.3) is 0 Å². The van der Waals surface area contributed by atoms with E-state index in [0.29, 0.717) is 10.8 Å². The molecule has 1 aromatic heterocycles. The zero-order valence-corrected chi connectivity index (χ0v) is 13.1. The summed E-state index contributed by atoms with van der Waals surface area (Å²) in [5.41, 5.74) is 8.17. The van der Waals surface area contributed by atoms with Gasteiger partial charge in [-0.25, -0.2) is 4.98 Å². The zero-order valence-electron chi connectivity index (χ0n) is 11.6. The van der Waals surface area contributed by atoms with Gasteiger partial charge in [0.2, 0.25) is 0 Å². The summed E-state index contributed by atoms with van der Waals surface area (Å²) in [5.74, 6) is 1.40. The van der Waals surface area contributed by atoms with Gasteiger partial charge in [-0.3, -0.25) is 0 Å². The highest BCUT2D eigenvalue weighted by atomic mass is 35.5. The van der Waals surface area contributed by atoms with Crippen LogP contribution in [0.4, 0.5) is 5.82 Å². The van der Waals surface area contributed by atoms with Crippen molar-refractivity contribution in [1.29, 1.82) is 0 Å². The van der Waals surface area contributed by atoms with E-state index in [4.69, 9.17) is 17.3 Å². The Morgan fingerprint density at radius 1 is 1.40 bits per heavy atom. The third-order valence-electron chi connectivity index (χ3n) is 3.14. The lowest BCUT2D eigenvalue weighted by Crippen LogP contribution is -2.20. The number of nitrogens with one attached hydrogen (secondary N) is 1. The molecule has 20 heavy (non-hydrogen) atoms. The molecule has 3 N–H and O–H groups in total. The number of nitrogens with zero attached hydrogens (tertiary/aromatic N) is 1. The number of nitrogens with two attached hydrogens (primary N) is 1. The summed E-state index contributed by atoms with van der Waals surface area (Å²) in [4.78, 5) is 5.40. The minimum Gasteiger partial charge on any atom is -0.383 e. The standard InChI is InChI=1S/C15H18ClN3S/c1-10-5-3-4-6-14(10)20-9-13(18-2)12-7-11(16)8-19-15(12)17/h3-8,13,18H,9H2,1-2H3,(H2,17,19). The SMILES string of the molecule is CNC(CSc1ccccc1C)c1cc(Cl)cnc1N. The molecule has 0 saturated heterocycles. The largest absolute Gasteiger partial charge is 0.383 e. The number of nitrogen functional groups attached to an aromatic ring is 1. The van der Waals surface area contributed by atoms with Crippen LogP contribution in [0.15, 0.2) is 41.4 Å². The number of benzene rings is 1. The Hall–Kier alpha value is -1.23. The molecule has 0 fully saturated rings. The Balaban J connectivity index is 2.13. The quantitative estimate of drug-likeness (QED) is 0.827. The van der Waals surface area contributed by atoms with Crippen molar-refractivity contribution in [2.24, 2.45) is 0 Å². The van der Waals surface area contributed by atoms with Gasteiger partial charge >= 0.3 is 0 Å². The molecule has 2 rings (SSSR count). The average Bonchev–Trinajstić information content (AvgIpc) is 2.45. The van der Waals surface area contributed by atoms with Crippen LogP contribution in [0, 0.1) is 6.92 Å². The monoisotopic (exact) mass is 307 g/mol. The maximum Gasteiger partial charge on any atom is 0.128 e. The van der Waals surface area contributed by atoms with Crippen molar-refractivity contribution in [2.75, 3.05) is 18.5 Å². The van der Waals surface area contributed by atoms with Gasteiger partial charge in [0.05, 0.1) is 5.02 Å². The molecular weight excluding hydrogens is 290 g/mol. The van der Waals surface area contributed by atoms with E-state index in [1.807, 2.05) is 19.2 Å². The fraction of sp³-hybridized carbons (Fsp3) is 0.267. The normalized spacial score (nSPS) is 12.3. The summed E-state index contributed by atoms with van der Waals surface area (Å²) >= 11 is 7.81. The molecule has 0 spiro atoms. The topological polar surface area (TPSA) is 50.9 Å². The number of thioether (sulfide) groups is 1. The van der Waals surface area contributed by atoms with Crippen LogP contribution in [0.5, 0.6) is 0 Å². The number of aromatic nitrogens is 1. The van der Waals surface area contributed by atoms with Crippen molar-refractivity contribution in [3.63, 3.8) is 0 Å². The molecule has 3 nitrogen and oxygen atoms in total. The van der Waals surface area contributed by atoms with Crippen LogP contribution in [0.1, 0.15) is 17.2 Å². The predicted molar refractivity (Wildman–Crippen MR) is 87.4 cm³/mol. The molecule has 1 unspecified atom stereocenters. The molecule has 1 atom stereocenters. The molecule has 106 valence electrons. The number of pyridine rings is 1. The molecular formula is C15H18ClN3S. The van der Waals surface area contributed by atoms with Crippen molar-refractivity contribution >= 4 is 29.2 Å². The number of hydrogen-bond acceptors (Lipinski definition) is 4. The number of rotatable bonds is 5. The number of aryl methyl sites for hydroxylation is 1. The molecule has 0 radical (unpaired) electrons. The van der Waals surface area contributed by atoms with Crippen LogP contribution >= 0.6 is 23.4 Å². The molecule has 1 heterocycles. The third-order valence-corrected chi connectivity index (χ3v) is 4.61. The first kappa shape index (κ1) is 15.2. The van der Waals surface area contributed by atoms with Crippen LogP contribution in [0.2, 0.25) is 5.02 Å². The maximum atomic E-state index is 6.01. The lowest BCUT2D eigenvalue weighted by molar-refractivity contribution is 0.661. The molecule has 0 aliphatic rings. The van der Waals surface area contributed by atoms with Gasteiger partial charge in [-0.2, -0.15) is 0 Å². The molecule has 0 aliphatic carbocycles. The smallest absolute Gasteiger partial charge is 0.128 e. The van der Waals surface area contributed by atoms with Gasteiger partial charge < -0.3 is 11.1 Å². The Labute approximate surface area is 128 Å². The summed E-state index contributed by atoms with van der Waals surface area (Å²) in [5, 5.41) is 3.88. The van der Waals surface area contributed by atoms with Gasteiger partial charge in [0.15, 0.2) is 0 Å². The van der Waals surface area contributed by atoms with Gasteiger partial charge in [0.25, 0.3) is 0 Å². The molecule has 0 saturated carbocycles. The second-order valence-corrected chi connectivity index (χ2v) is 6.04. The molecule has 1 aromatic carbocycles. The van der Waals surface area contributed by atoms with Crippen molar-refractivity contribution in [3.05, 3.63) is 52.7 Å². The summed E-state index contributed by atoms with van der Waals surface area (Å²) in [6.07, 6.45) is 1.57. The molecule has 0 amide bonds. The maximum absolute atomic E-state index is 6.01. The summed E-state index contributed by atoms with van der Waals surface area (Å²) in [6.45, 7) is 2.12. The summed E-state index contributed by atoms with van der Waals surface area (Å²) in [6, 6.07) is 10.3. The first-order valence-electron chi connectivity index (χ1n) is 6.38. The highest BCUT2D eigenvalue weighted by Crippen LogP contribution is 2.29. The van der Waals surface area contributed by atoms with Gasteiger partial charge in [0, 0.05) is 28.5 Å². The Morgan fingerprint density at radius 3 is 2.85 bits per heavy atom. The summed E-state index contributed by atoms with van der Waals surface area (Å²) < 4.78 is 0. The molecule has 0 bridgehead atoms. The zero-order chi connectivity index (χ0) is 14.5. The van der Waals surface area contributed by atoms with Gasteiger partial charge in [0.1, 0.15) is 5.82 Å². The fourth-order valence-electron chi connectivity index (χ4n) is 1.96. The number of halogens is 1. The minimum absolute atomic E-state index is 0.116. The number of anilines is 1. The van der Waals surface area contributed by atoms with Crippen LogP contribution in [-0.4, -0.2) is 17.8 Å². The predicted octanol–water partition coefficient (Wildman–Crippen LogP) is 3.68. The first-order valence-corrected chi connectivity index (χ1v) is 7.74. The Kier molecular flexibility index (Phi) is 5.29. The Bertz CT molecular complexity index is 589. The number of hydrogen-bond donors (Lipinski definition) is 2. The van der Waals surface area contributed by atoms with E-state index in [0.717, 1.165) is 11.3 Å². The second-order valence-electron chi connectivity index (χ2n) is 4.55. The lowest BCUT2D eigenvalue weighted by atomic mass is 10.1. The molecule has 5 heteroatoms. The highest BCUT2D eigenvalue weighted by Gasteiger charge is 2.14. The van der Waals surface area contributed by atoms with Crippen LogP contribution < -0.4 is 11.1 Å². The first-order chi connectivity index (χ1) is 9.61. The van der Waals surface area contributed by atoms with E-state index >= 15 is 0 Å². The molecule has 0 aliphatic heterocycles. The van der Waals surface area contributed by atoms with Gasteiger partial charge in [-0.1, -0.05) is 29.8 Å². The van der Waals surface area contributed by atoms with Crippen LogP contribution in [-0.2, 0) is 0 Å². The van der Waals surface area contributed by atoms with E-state index in [9.17, 15) is 0 Å². The van der Waals surface area contributed by atoms with E-state index in [-0.39, 0.29) is 6.04 Å². The van der Waals surface area contributed by atoms with E-state index in [2.05, 4.69) is 35.4 Å². The molecule has 2 aromatic rings. The van der Waals surface area contributed by atoms with Gasteiger partial charge in [-0.15, -0.1) is 11.8 Å². The van der Waals surface area contributed by atoms with Crippen molar-refractivity contribution in [3.8, 4) is 0 Å². The van der Waals surface area contributed by atoms with Gasteiger partial charge in [-0.05, 0) is 31.7 Å². The van der Waals surface area contributed by atoms with E-state index in [1.54, 1.807) is 18.0 Å². The van der Waals surface area contributed by atoms with Crippen molar-refractivity contribution < 1.29 is 0 Å². The average molecular weight is 308 g/mol. The lowest BCUT2D eigenvalue weighted by Gasteiger charge is -2.18. The Morgan fingerprint density at radius 2 is 2.15 bits per heavy atom. The summed E-state index contributed by atoms with van der Waals surface area (Å²) in [7, 11) is 1.92. The second kappa shape index (κ2) is 6.97. The van der Waals surface area contributed by atoms with E-state index in [1.165, 1.54) is 10.5 Å². The van der Waals surface area contributed by atoms with Crippen molar-refractivity contribution in [1.82, 2.24) is 10.3 Å². The van der Waals surface area contributed by atoms with E-state index < -0.39 is 0 Å². The van der Waals surface area contributed by atoms with Crippen molar-refractivity contribution in [2.45, 2.75) is 17.9 Å². The fourth-order valence-corrected chi connectivity index (χ4v) is 3.29. The third kappa shape index (κ3) is 3.66. The highest BCUT2D eigenvalue weighted by molar-refractivity contribution is 7.99.